The van der Waals surface area contributed by atoms with Gasteiger partial charge in [-0.3, -0.25) is 5.41 Å². The minimum Gasteiger partial charge on any atom is -0.353 e. The Labute approximate surface area is 68.2 Å². The van der Waals surface area contributed by atoms with E-state index in [1.807, 2.05) is 0 Å². The third-order valence-electron chi connectivity index (χ3n) is 1.03. The molecule has 2 nitrogen and oxygen atoms in total. The van der Waals surface area contributed by atoms with Crippen molar-refractivity contribution in [3.05, 3.63) is 0 Å². The first-order chi connectivity index (χ1) is 4.02. The fraction of sp³-hybridized carbons (Fsp3) is 0.750. The smallest absolute Gasteiger partial charge is 0.247 e. The highest BCUT2D eigenvalue weighted by Gasteiger charge is 2.35. The Hall–Kier alpha value is 0.340. The summed E-state index contributed by atoms with van der Waals surface area (Å²) in [5.74, 6) is 0.0764. The van der Waals surface area contributed by atoms with Crippen molar-refractivity contribution in [2.75, 3.05) is 13.1 Å². The first kappa shape index (κ1) is 7.45. The fourth-order valence-electron chi connectivity index (χ4n) is 0.453. The van der Waals surface area contributed by atoms with Gasteiger partial charge in [-0.05, 0) is 0 Å². The molecular weight excluding hydrogens is 182 g/mol. The third-order valence-corrected chi connectivity index (χ3v) is 1.57. The zero-order valence-corrected chi connectivity index (χ0v) is 6.76. The lowest BCUT2D eigenvalue weighted by Crippen LogP contribution is -2.25. The summed E-state index contributed by atoms with van der Waals surface area (Å²) in [5.41, 5.74) is 0. The van der Waals surface area contributed by atoms with E-state index in [9.17, 15) is 0 Å². The summed E-state index contributed by atoms with van der Waals surface area (Å²) in [6.07, 6.45) is 0. The molecule has 0 spiro atoms. The third kappa shape index (κ3) is 1.88. The van der Waals surface area contributed by atoms with Crippen LogP contribution >= 0.6 is 34.8 Å². The topological polar surface area (TPSA) is 26.9 Å². The van der Waals surface area contributed by atoms with E-state index in [4.69, 9.17) is 40.2 Å². The highest BCUT2D eigenvalue weighted by molar-refractivity contribution is 6.76. The molecule has 9 heavy (non-hydrogen) atoms. The van der Waals surface area contributed by atoms with Gasteiger partial charge in [0.25, 0.3) is 0 Å². The number of alkyl halides is 3. The van der Waals surface area contributed by atoms with Crippen LogP contribution in [0, 0.1) is 5.41 Å². The number of amidine groups is 1. The van der Waals surface area contributed by atoms with Crippen molar-refractivity contribution >= 4 is 40.6 Å². The van der Waals surface area contributed by atoms with Crippen molar-refractivity contribution in [3.63, 3.8) is 0 Å². The van der Waals surface area contributed by atoms with Crippen molar-refractivity contribution < 1.29 is 0 Å². The molecule has 1 fully saturated rings. The number of halogens is 3. The Morgan fingerprint density at radius 1 is 1.33 bits per heavy atom. The van der Waals surface area contributed by atoms with Crippen LogP contribution in [0.4, 0.5) is 0 Å². The van der Waals surface area contributed by atoms with Crippen LogP contribution in [-0.4, -0.2) is 27.6 Å². The van der Waals surface area contributed by atoms with Gasteiger partial charge in [-0.15, -0.1) is 0 Å². The van der Waals surface area contributed by atoms with Crippen molar-refractivity contribution in [1.29, 1.82) is 5.41 Å². The van der Waals surface area contributed by atoms with Crippen LogP contribution in [0.25, 0.3) is 0 Å². The predicted molar refractivity (Wildman–Crippen MR) is 39.6 cm³/mol. The van der Waals surface area contributed by atoms with Gasteiger partial charge in [0, 0.05) is 13.1 Å². The van der Waals surface area contributed by atoms with Gasteiger partial charge in [-0.1, -0.05) is 34.8 Å². The highest BCUT2D eigenvalue weighted by atomic mass is 35.6. The predicted octanol–water partition coefficient (Wildman–Crippen LogP) is 1.65. The van der Waals surface area contributed by atoms with E-state index in [0.29, 0.717) is 0 Å². The monoisotopic (exact) mass is 186 g/mol. The minimum atomic E-state index is -1.53. The molecule has 1 rings (SSSR count). The molecule has 0 saturated carbocycles. The molecule has 1 N–H and O–H groups in total. The summed E-state index contributed by atoms with van der Waals surface area (Å²) >= 11 is 16.1. The van der Waals surface area contributed by atoms with Gasteiger partial charge < -0.3 is 4.90 Å². The largest absolute Gasteiger partial charge is 0.353 e. The average Bonchev–Trinajstić information content (AvgIpc) is 2.40. The lowest BCUT2D eigenvalue weighted by molar-refractivity contribution is 0.815. The molecule has 0 atom stereocenters. The van der Waals surface area contributed by atoms with Crippen LogP contribution in [-0.2, 0) is 0 Å². The molecule has 0 aliphatic carbocycles. The van der Waals surface area contributed by atoms with Crippen molar-refractivity contribution in [2.45, 2.75) is 3.79 Å². The summed E-state index contributed by atoms with van der Waals surface area (Å²) in [6, 6.07) is 0. The van der Waals surface area contributed by atoms with Crippen molar-refractivity contribution in [3.8, 4) is 0 Å². The summed E-state index contributed by atoms with van der Waals surface area (Å²) in [6.45, 7) is 1.68. The van der Waals surface area contributed by atoms with E-state index in [-0.39, 0.29) is 5.84 Å². The maximum Gasteiger partial charge on any atom is 0.247 e. The second-order valence-electron chi connectivity index (χ2n) is 1.83. The molecule has 5 heteroatoms. The fourth-order valence-corrected chi connectivity index (χ4v) is 0.811. The van der Waals surface area contributed by atoms with E-state index < -0.39 is 3.79 Å². The quantitative estimate of drug-likeness (QED) is 0.265. The molecule has 1 heterocycles. The minimum absolute atomic E-state index is 0.0764. The molecule has 0 aromatic rings. The van der Waals surface area contributed by atoms with E-state index in [2.05, 4.69) is 0 Å². The first-order valence-electron chi connectivity index (χ1n) is 2.42. The molecule has 0 radical (unpaired) electrons. The average molecular weight is 187 g/mol. The second kappa shape index (κ2) is 2.19. The Bertz CT molecular complexity index is 135. The highest BCUT2D eigenvalue weighted by Crippen LogP contribution is 2.30. The standard InChI is InChI=1S/C4H5Cl3N2/c5-4(6,7)3(8)9-1-2-9/h8H,1-2H2. The molecular formula is C4H5Cl3N2. The van der Waals surface area contributed by atoms with Crippen molar-refractivity contribution in [2.24, 2.45) is 0 Å². The molecule has 52 valence electrons. The van der Waals surface area contributed by atoms with E-state index in [1.165, 1.54) is 0 Å². The van der Waals surface area contributed by atoms with Gasteiger partial charge in [-0.2, -0.15) is 0 Å². The Morgan fingerprint density at radius 3 is 1.89 bits per heavy atom. The zero-order chi connectivity index (χ0) is 7.07. The maximum absolute atomic E-state index is 7.19. The van der Waals surface area contributed by atoms with Crippen LogP contribution in [0.5, 0.6) is 0 Å². The molecule has 1 saturated heterocycles. The lowest BCUT2D eigenvalue weighted by atomic mass is 10.7. The van der Waals surface area contributed by atoms with Crippen LogP contribution < -0.4 is 0 Å². The normalized spacial score (nSPS) is 17.9. The van der Waals surface area contributed by atoms with Gasteiger partial charge in [-0.25, -0.2) is 0 Å². The number of rotatable bonds is 0. The molecule has 0 aromatic heterocycles. The molecule has 1 aliphatic rings. The number of nitrogens with zero attached hydrogens (tertiary/aromatic N) is 1. The number of nitrogens with one attached hydrogen (secondary N) is 1. The van der Waals surface area contributed by atoms with Crippen LogP contribution in [0.15, 0.2) is 0 Å². The van der Waals surface area contributed by atoms with Crippen LogP contribution in [0.3, 0.4) is 0 Å². The Morgan fingerprint density at radius 2 is 1.78 bits per heavy atom. The van der Waals surface area contributed by atoms with Crippen LogP contribution in [0.2, 0.25) is 0 Å². The summed E-state index contributed by atoms with van der Waals surface area (Å²) < 4.78 is -1.53. The van der Waals surface area contributed by atoms with E-state index >= 15 is 0 Å². The number of hydrogen-bond acceptors (Lipinski definition) is 1. The number of hydrogen-bond donors (Lipinski definition) is 1. The Balaban J connectivity index is 2.50. The van der Waals surface area contributed by atoms with Gasteiger partial charge >= 0.3 is 0 Å². The summed E-state index contributed by atoms with van der Waals surface area (Å²) in [7, 11) is 0. The second-order valence-corrected chi connectivity index (χ2v) is 4.11. The van der Waals surface area contributed by atoms with Gasteiger partial charge in [0.1, 0.15) is 5.84 Å². The lowest BCUT2D eigenvalue weighted by Gasteiger charge is -2.12. The SMILES string of the molecule is N=C(N1CC1)C(Cl)(Cl)Cl. The van der Waals surface area contributed by atoms with E-state index in [0.717, 1.165) is 13.1 Å². The maximum atomic E-state index is 7.19. The molecule has 1 aliphatic heterocycles. The molecule has 0 unspecified atom stereocenters. The van der Waals surface area contributed by atoms with Gasteiger partial charge in [0.15, 0.2) is 0 Å². The molecule has 0 aromatic carbocycles. The Kier molecular flexibility index (Phi) is 1.81. The molecule has 0 bridgehead atoms. The van der Waals surface area contributed by atoms with Gasteiger partial charge in [0.2, 0.25) is 3.79 Å². The molecule has 0 amide bonds. The first-order valence-corrected chi connectivity index (χ1v) is 3.56. The summed E-state index contributed by atoms with van der Waals surface area (Å²) in [4.78, 5) is 1.69. The zero-order valence-electron chi connectivity index (χ0n) is 4.50. The summed E-state index contributed by atoms with van der Waals surface area (Å²) in [5, 5.41) is 7.19. The van der Waals surface area contributed by atoms with Gasteiger partial charge in [0.05, 0.1) is 0 Å². The van der Waals surface area contributed by atoms with Crippen LogP contribution in [0.1, 0.15) is 0 Å². The van der Waals surface area contributed by atoms with Crippen molar-refractivity contribution in [1.82, 2.24) is 4.90 Å². The van der Waals surface area contributed by atoms with E-state index in [1.54, 1.807) is 4.90 Å².